The first-order chi connectivity index (χ1) is 8.36. The highest BCUT2D eigenvalue weighted by atomic mass is 19.1. The summed E-state index contributed by atoms with van der Waals surface area (Å²) in [6, 6.07) is 0. The second-order valence-corrected chi connectivity index (χ2v) is 4.58. The maximum atomic E-state index is 14.0. The van der Waals surface area contributed by atoms with Gasteiger partial charge in [-0.1, -0.05) is 20.8 Å². The third-order valence-corrected chi connectivity index (χ3v) is 2.86. The van der Waals surface area contributed by atoms with Gasteiger partial charge in [-0.25, -0.2) is 9.98 Å². The van der Waals surface area contributed by atoms with Gasteiger partial charge in [0.05, 0.1) is 5.69 Å². The van der Waals surface area contributed by atoms with Crippen LogP contribution in [0.15, 0.2) is 9.79 Å². The molecule has 3 N–H and O–H groups in total. The number of nitrogens with two attached hydrogens (primary N) is 1. The summed E-state index contributed by atoms with van der Waals surface area (Å²) in [6.07, 6.45) is 0.631. The average Bonchev–Trinajstić information content (AvgIpc) is 2.23. The summed E-state index contributed by atoms with van der Waals surface area (Å²) in [5, 5.41) is 0. The van der Waals surface area contributed by atoms with Gasteiger partial charge in [0, 0.05) is 5.92 Å². The van der Waals surface area contributed by atoms with Gasteiger partial charge >= 0.3 is 0 Å². The first-order valence-electron chi connectivity index (χ1n) is 5.97. The molecule has 0 amide bonds. The van der Waals surface area contributed by atoms with E-state index in [-0.39, 0.29) is 23.5 Å². The van der Waals surface area contributed by atoms with Gasteiger partial charge in [-0.15, -0.1) is 0 Å². The molecule has 0 saturated heterocycles. The molecule has 0 bridgehead atoms. The Morgan fingerprint density at radius 2 is 2.17 bits per heavy atom. The fraction of sp³-hybridized carbons (Fsp3) is 0.583. The van der Waals surface area contributed by atoms with Crippen LogP contribution >= 0.6 is 0 Å². The number of nitrogens with one attached hydrogen (secondary N) is 1. The topological polar surface area (TPSA) is 84.1 Å². The lowest BCUT2D eigenvalue weighted by molar-refractivity contribution is 0.447. The third-order valence-electron chi connectivity index (χ3n) is 2.86. The second-order valence-electron chi connectivity index (χ2n) is 4.58. The molecule has 6 heteroatoms. The fourth-order valence-electron chi connectivity index (χ4n) is 1.84. The lowest BCUT2D eigenvalue weighted by atomic mass is 9.94. The van der Waals surface area contributed by atoms with Crippen molar-refractivity contribution in [3.05, 3.63) is 16.0 Å². The number of nitrogens with zero attached hydrogens (tertiary/aromatic N) is 2. The largest absolute Gasteiger partial charge is 0.369 e. The molecule has 0 aliphatic carbocycles. The van der Waals surface area contributed by atoms with Crippen molar-refractivity contribution in [2.75, 3.05) is 5.73 Å². The average molecular weight is 254 g/mol. The molecule has 0 aromatic carbocycles. The molecule has 0 radical (unpaired) electrons. The summed E-state index contributed by atoms with van der Waals surface area (Å²) in [5.74, 6) is -0.693. The Kier molecular flexibility index (Phi) is 4.58. The summed E-state index contributed by atoms with van der Waals surface area (Å²) in [5.41, 5.74) is 5.18. The number of hydrogen-bond donors (Lipinski definition) is 2. The summed E-state index contributed by atoms with van der Waals surface area (Å²) in [7, 11) is 0. The molecule has 0 aliphatic rings. The first-order valence-corrected chi connectivity index (χ1v) is 5.97. The van der Waals surface area contributed by atoms with E-state index in [9.17, 15) is 9.18 Å². The van der Waals surface area contributed by atoms with Crippen molar-refractivity contribution >= 4 is 17.6 Å². The molecule has 1 unspecified atom stereocenters. The lowest BCUT2D eigenvalue weighted by Gasteiger charge is -2.15. The Bertz CT molecular complexity index is 507. The third kappa shape index (κ3) is 3.15. The van der Waals surface area contributed by atoms with Crippen LogP contribution in [0.1, 0.15) is 32.9 Å². The van der Waals surface area contributed by atoms with Crippen LogP contribution in [0.2, 0.25) is 0 Å². The minimum absolute atomic E-state index is 0.00718. The number of nitrogen functional groups attached to an aromatic ring is 1. The Morgan fingerprint density at radius 3 is 2.61 bits per heavy atom. The van der Waals surface area contributed by atoms with Crippen LogP contribution in [-0.2, 0) is 0 Å². The second kappa shape index (κ2) is 5.75. The zero-order valence-corrected chi connectivity index (χ0v) is 11.1. The van der Waals surface area contributed by atoms with E-state index in [1.54, 1.807) is 6.92 Å². The Labute approximate surface area is 105 Å². The molecule has 1 rings (SSSR count). The highest BCUT2D eigenvalue weighted by Gasteiger charge is 2.19. The van der Waals surface area contributed by atoms with Gasteiger partial charge in [-0.2, -0.15) is 4.39 Å². The van der Waals surface area contributed by atoms with E-state index in [4.69, 9.17) is 5.73 Å². The van der Waals surface area contributed by atoms with E-state index in [2.05, 4.69) is 15.0 Å². The molecule has 0 saturated carbocycles. The highest BCUT2D eigenvalue weighted by Crippen LogP contribution is 2.21. The minimum Gasteiger partial charge on any atom is -0.369 e. The Balaban J connectivity index is 3.21. The molecule has 100 valence electrons. The number of aliphatic imine (C=N–C) groups is 1. The van der Waals surface area contributed by atoms with Crippen LogP contribution in [0.4, 0.5) is 16.0 Å². The van der Waals surface area contributed by atoms with E-state index in [0.29, 0.717) is 12.1 Å². The molecule has 18 heavy (non-hydrogen) atoms. The van der Waals surface area contributed by atoms with Gasteiger partial charge in [-0.05, 0) is 19.3 Å². The summed E-state index contributed by atoms with van der Waals surface area (Å²) >= 11 is 0. The van der Waals surface area contributed by atoms with Crippen LogP contribution in [-0.4, -0.2) is 15.9 Å². The Morgan fingerprint density at radius 1 is 1.56 bits per heavy atom. The molecule has 5 nitrogen and oxygen atoms in total. The molecular weight excluding hydrogens is 235 g/mol. The predicted molar refractivity (Wildman–Crippen MR) is 70.8 cm³/mol. The van der Waals surface area contributed by atoms with E-state index in [1.165, 1.54) is 0 Å². The maximum Gasteiger partial charge on any atom is 0.278 e. The number of hydrogen-bond acceptors (Lipinski definition) is 4. The monoisotopic (exact) mass is 254 g/mol. The van der Waals surface area contributed by atoms with Gasteiger partial charge in [-0.3, -0.25) is 9.78 Å². The first kappa shape index (κ1) is 14.3. The van der Waals surface area contributed by atoms with Crippen molar-refractivity contribution < 1.29 is 4.39 Å². The SMILES string of the molecule is CCC(/C(F)=N\c1c(C)nc(N)[nH]c1=O)C(C)C. The molecule has 1 aromatic rings. The molecule has 0 spiro atoms. The van der Waals surface area contributed by atoms with Gasteiger partial charge in [0.1, 0.15) is 0 Å². The van der Waals surface area contributed by atoms with E-state index >= 15 is 0 Å². The zero-order valence-electron chi connectivity index (χ0n) is 11.1. The van der Waals surface area contributed by atoms with E-state index in [0.717, 1.165) is 0 Å². The minimum atomic E-state index is -0.535. The fourth-order valence-corrected chi connectivity index (χ4v) is 1.84. The number of anilines is 1. The normalized spacial score (nSPS) is 14.0. The van der Waals surface area contributed by atoms with Crippen LogP contribution in [0.25, 0.3) is 0 Å². The molecule has 1 heterocycles. The van der Waals surface area contributed by atoms with Gasteiger partial charge < -0.3 is 5.73 Å². The van der Waals surface area contributed by atoms with Crippen LogP contribution < -0.4 is 11.3 Å². The van der Waals surface area contributed by atoms with Crippen molar-refractivity contribution in [3.63, 3.8) is 0 Å². The molecular formula is C12H19FN4O. The van der Waals surface area contributed by atoms with Gasteiger partial charge in [0.2, 0.25) is 5.95 Å². The van der Waals surface area contributed by atoms with Crippen LogP contribution in [0, 0.1) is 18.8 Å². The van der Waals surface area contributed by atoms with Crippen molar-refractivity contribution in [1.29, 1.82) is 0 Å². The van der Waals surface area contributed by atoms with Gasteiger partial charge in [0.25, 0.3) is 5.56 Å². The summed E-state index contributed by atoms with van der Waals surface area (Å²) in [6.45, 7) is 7.30. The number of aromatic amines is 1. The Hall–Kier alpha value is -1.72. The summed E-state index contributed by atoms with van der Waals surface area (Å²) < 4.78 is 14.0. The summed E-state index contributed by atoms with van der Waals surface area (Å²) in [4.78, 5) is 21.6. The van der Waals surface area contributed by atoms with Crippen LogP contribution in [0.5, 0.6) is 0 Å². The van der Waals surface area contributed by atoms with Crippen molar-refractivity contribution in [2.24, 2.45) is 16.8 Å². The quantitative estimate of drug-likeness (QED) is 0.809. The number of H-pyrrole nitrogens is 1. The van der Waals surface area contributed by atoms with Crippen molar-refractivity contribution in [2.45, 2.75) is 34.1 Å². The highest BCUT2D eigenvalue weighted by molar-refractivity contribution is 5.80. The van der Waals surface area contributed by atoms with E-state index in [1.807, 2.05) is 20.8 Å². The predicted octanol–water partition coefficient (Wildman–Crippen LogP) is 2.34. The van der Waals surface area contributed by atoms with Gasteiger partial charge in [0.15, 0.2) is 11.7 Å². The smallest absolute Gasteiger partial charge is 0.278 e. The molecule has 1 aromatic heterocycles. The molecule has 0 fully saturated rings. The van der Waals surface area contributed by atoms with Crippen molar-refractivity contribution in [1.82, 2.24) is 9.97 Å². The molecule has 0 aliphatic heterocycles. The number of halogens is 1. The zero-order chi connectivity index (χ0) is 13.9. The number of aryl methyl sites for hydroxylation is 1. The number of rotatable bonds is 4. The maximum absolute atomic E-state index is 14.0. The number of aromatic nitrogens is 2. The lowest BCUT2D eigenvalue weighted by Crippen LogP contribution is -2.18. The van der Waals surface area contributed by atoms with E-state index < -0.39 is 11.5 Å². The molecule has 1 atom stereocenters. The van der Waals surface area contributed by atoms with Crippen LogP contribution in [0.3, 0.4) is 0 Å². The van der Waals surface area contributed by atoms with Crippen molar-refractivity contribution in [3.8, 4) is 0 Å². The standard InChI is InChI=1S/C12H19FN4O/c1-5-8(6(2)3)10(13)16-9-7(4)15-12(14)17-11(9)18/h6,8H,5H2,1-4H3,(H3,14,15,17,18)/b16-10+.